The molecule has 0 saturated heterocycles. The normalized spacial score (nSPS) is 11.3. The zero-order chi connectivity index (χ0) is 22.6. The summed E-state index contributed by atoms with van der Waals surface area (Å²) in [5.74, 6) is -1.43. The average Bonchev–Trinajstić information content (AvgIpc) is 2.73. The van der Waals surface area contributed by atoms with E-state index in [2.05, 4.69) is 4.74 Å². The Kier molecular flexibility index (Phi) is 6.24. The number of benzene rings is 3. The number of hydrogen-bond donors (Lipinski definition) is 2. The van der Waals surface area contributed by atoms with Gasteiger partial charge in [0.2, 0.25) is 0 Å². The van der Waals surface area contributed by atoms with Crippen LogP contribution in [0.5, 0.6) is 5.75 Å². The highest BCUT2D eigenvalue weighted by Gasteiger charge is 2.45. The zero-order valence-corrected chi connectivity index (χ0v) is 15.8. The molecular weight excluding hydrogens is 416 g/mol. The van der Waals surface area contributed by atoms with Crippen molar-refractivity contribution >= 4 is 11.9 Å². The van der Waals surface area contributed by atoms with Crippen molar-refractivity contribution in [2.45, 2.75) is 12.5 Å². The molecule has 0 bridgehead atoms. The zero-order valence-electron chi connectivity index (χ0n) is 15.8. The van der Waals surface area contributed by atoms with Gasteiger partial charge in [0.25, 0.3) is 5.91 Å². The van der Waals surface area contributed by atoms with E-state index in [1.807, 2.05) is 5.32 Å². The lowest BCUT2D eigenvalue weighted by Gasteiger charge is -2.22. The Morgan fingerprint density at radius 2 is 1.42 bits per heavy atom. The van der Waals surface area contributed by atoms with E-state index < -0.39 is 30.2 Å². The third-order valence-corrected chi connectivity index (χ3v) is 4.29. The van der Waals surface area contributed by atoms with Crippen molar-refractivity contribution in [3.8, 4) is 28.0 Å². The van der Waals surface area contributed by atoms with Crippen molar-refractivity contribution in [2.24, 2.45) is 5.73 Å². The van der Waals surface area contributed by atoms with Gasteiger partial charge in [0.05, 0.1) is 0 Å². The first-order valence-electron chi connectivity index (χ1n) is 8.94. The van der Waals surface area contributed by atoms with E-state index in [0.29, 0.717) is 5.56 Å². The van der Waals surface area contributed by atoms with Crippen LogP contribution in [0, 0.1) is 0 Å². The minimum Gasteiger partial charge on any atom is -0.427 e. The van der Waals surface area contributed by atoms with Gasteiger partial charge in [-0.2, -0.15) is 17.6 Å². The van der Waals surface area contributed by atoms with Crippen LogP contribution < -0.4 is 15.8 Å². The van der Waals surface area contributed by atoms with E-state index in [9.17, 15) is 27.2 Å². The molecule has 3 aromatic rings. The molecule has 31 heavy (non-hydrogen) atoms. The molecule has 0 aliphatic rings. The molecule has 3 amide bonds. The summed E-state index contributed by atoms with van der Waals surface area (Å²) in [4.78, 5) is 23.5. The van der Waals surface area contributed by atoms with Crippen LogP contribution in [0.2, 0.25) is 0 Å². The van der Waals surface area contributed by atoms with Crippen LogP contribution in [0.1, 0.15) is 10.4 Å². The Morgan fingerprint density at radius 3 is 2.06 bits per heavy atom. The van der Waals surface area contributed by atoms with Crippen LogP contribution in [0.25, 0.3) is 22.3 Å². The lowest BCUT2D eigenvalue weighted by atomic mass is 9.94. The number of carbonyl (C=O) groups is 2. The van der Waals surface area contributed by atoms with Crippen LogP contribution in [-0.2, 0) is 0 Å². The summed E-state index contributed by atoms with van der Waals surface area (Å²) < 4.78 is 58.3. The molecule has 5 nitrogen and oxygen atoms in total. The van der Waals surface area contributed by atoms with Crippen LogP contribution in [-0.4, -0.2) is 24.5 Å². The van der Waals surface area contributed by atoms with Crippen molar-refractivity contribution < 1.29 is 31.9 Å². The number of hydrogen-bond acceptors (Lipinski definition) is 3. The average molecular weight is 432 g/mol. The van der Waals surface area contributed by atoms with Crippen LogP contribution >= 0.6 is 0 Å². The molecule has 0 saturated carbocycles. The number of rotatable bonds is 6. The topological polar surface area (TPSA) is 81.4 Å². The van der Waals surface area contributed by atoms with Crippen LogP contribution in [0.3, 0.4) is 0 Å². The van der Waals surface area contributed by atoms with Crippen molar-refractivity contribution in [1.82, 2.24) is 5.32 Å². The largest absolute Gasteiger partial charge is 0.461 e. The third kappa shape index (κ3) is 4.82. The molecule has 0 radical (unpaired) electrons. The number of primary amides is 1. The Hall–Kier alpha value is -3.88. The summed E-state index contributed by atoms with van der Waals surface area (Å²) in [6.45, 7) is 0. The maximum Gasteiger partial charge on any atom is 0.461 e. The Balaban J connectivity index is 2.25. The highest BCUT2D eigenvalue weighted by Crippen LogP contribution is 2.43. The summed E-state index contributed by atoms with van der Waals surface area (Å²) in [6.07, 6.45) is -8.87. The van der Waals surface area contributed by atoms with Crippen LogP contribution in [0.4, 0.5) is 22.4 Å². The lowest BCUT2D eigenvalue weighted by Crippen LogP contribution is -2.35. The number of nitrogens with one attached hydrogen (secondary N) is 1. The van der Waals surface area contributed by atoms with E-state index in [1.54, 1.807) is 30.3 Å². The minimum absolute atomic E-state index is 0.0445. The maximum absolute atomic E-state index is 13.9. The van der Waals surface area contributed by atoms with Crippen molar-refractivity contribution in [3.63, 3.8) is 0 Å². The third-order valence-electron chi connectivity index (χ3n) is 4.29. The molecule has 3 N–H and O–H groups in total. The van der Waals surface area contributed by atoms with E-state index >= 15 is 0 Å². The Labute approximate surface area is 174 Å². The number of urea groups is 1. The molecule has 0 heterocycles. The number of nitrogens with two attached hydrogens (primary N) is 1. The monoisotopic (exact) mass is 432 g/mol. The fourth-order valence-corrected chi connectivity index (χ4v) is 2.98. The quantitative estimate of drug-likeness (QED) is 0.534. The molecule has 0 fully saturated rings. The SMILES string of the molecule is NC(=O)NC(=O)c1ccccc1-c1cccc(-c2ccccc2)c1OC(F)(F)C(F)F. The molecule has 9 heteroatoms. The van der Waals surface area contributed by atoms with Gasteiger partial charge in [-0.05, 0) is 17.2 Å². The second-order valence-electron chi connectivity index (χ2n) is 6.38. The predicted molar refractivity (Wildman–Crippen MR) is 106 cm³/mol. The molecule has 0 atom stereocenters. The summed E-state index contributed by atoms with van der Waals surface area (Å²) in [6, 6.07) is 17.1. The number of imide groups is 1. The molecule has 0 aliphatic heterocycles. The van der Waals surface area contributed by atoms with Gasteiger partial charge in [0.1, 0.15) is 5.75 Å². The smallest absolute Gasteiger partial charge is 0.427 e. The second-order valence-corrected chi connectivity index (χ2v) is 6.38. The minimum atomic E-state index is -4.79. The first-order valence-corrected chi connectivity index (χ1v) is 8.94. The van der Waals surface area contributed by atoms with Gasteiger partial charge in [0.15, 0.2) is 0 Å². The number of ether oxygens (including phenoxy) is 1. The van der Waals surface area contributed by atoms with Gasteiger partial charge in [-0.3, -0.25) is 10.1 Å². The molecule has 0 aromatic heterocycles. The number of carbonyl (C=O) groups excluding carboxylic acids is 2. The first-order chi connectivity index (χ1) is 14.7. The summed E-state index contributed by atoms with van der Waals surface area (Å²) in [5.41, 5.74) is 5.49. The summed E-state index contributed by atoms with van der Waals surface area (Å²) in [5, 5.41) is 1.89. The standard InChI is InChI=1S/C22H16F4N2O3/c23-20(24)22(25,26)31-18-14(13-7-2-1-3-8-13)11-6-12-16(18)15-9-4-5-10-17(15)19(29)28-21(27)30/h1-12,20H,(H3,27,28,29,30). The maximum atomic E-state index is 13.9. The van der Waals surface area contributed by atoms with Crippen molar-refractivity contribution in [2.75, 3.05) is 0 Å². The molecular formula is C22H16F4N2O3. The van der Waals surface area contributed by atoms with Gasteiger partial charge in [0, 0.05) is 16.7 Å². The highest BCUT2D eigenvalue weighted by atomic mass is 19.3. The summed E-state index contributed by atoms with van der Waals surface area (Å²) in [7, 11) is 0. The fraction of sp³-hybridized carbons (Fsp3) is 0.0909. The van der Waals surface area contributed by atoms with Crippen molar-refractivity contribution in [3.05, 3.63) is 78.4 Å². The Bertz CT molecular complexity index is 1100. The second kappa shape index (κ2) is 8.86. The Morgan fingerprint density at radius 1 is 0.839 bits per heavy atom. The predicted octanol–water partition coefficient (Wildman–Crippen LogP) is 5.07. The van der Waals surface area contributed by atoms with Crippen LogP contribution in [0.15, 0.2) is 72.8 Å². The molecule has 160 valence electrons. The molecule has 0 aliphatic carbocycles. The molecule has 0 spiro atoms. The highest BCUT2D eigenvalue weighted by molar-refractivity contribution is 6.08. The number of amides is 3. The van der Waals surface area contributed by atoms with Gasteiger partial charge in [-0.1, -0.05) is 66.7 Å². The summed E-state index contributed by atoms with van der Waals surface area (Å²) >= 11 is 0. The van der Waals surface area contributed by atoms with Gasteiger partial charge in [-0.25, -0.2) is 4.79 Å². The fourth-order valence-electron chi connectivity index (χ4n) is 2.98. The number of para-hydroxylation sites is 1. The van der Waals surface area contributed by atoms with Gasteiger partial charge >= 0.3 is 18.6 Å². The lowest BCUT2D eigenvalue weighted by molar-refractivity contribution is -0.252. The number of halogens is 4. The van der Waals surface area contributed by atoms with E-state index in [4.69, 9.17) is 5.73 Å². The van der Waals surface area contributed by atoms with Gasteiger partial charge in [-0.15, -0.1) is 0 Å². The van der Waals surface area contributed by atoms with Gasteiger partial charge < -0.3 is 10.5 Å². The van der Waals surface area contributed by atoms with E-state index in [1.165, 1.54) is 42.5 Å². The number of alkyl halides is 4. The van der Waals surface area contributed by atoms with Crippen molar-refractivity contribution in [1.29, 1.82) is 0 Å². The first kappa shape index (κ1) is 21.8. The van der Waals surface area contributed by atoms with E-state index in [0.717, 1.165) is 0 Å². The molecule has 0 unspecified atom stereocenters. The van der Waals surface area contributed by atoms with E-state index in [-0.39, 0.29) is 22.3 Å². The molecule has 3 rings (SSSR count). The molecule has 3 aromatic carbocycles.